The van der Waals surface area contributed by atoms with E-state index in [0.29, 0.717) is 11.8 Å². The van der Waals surface area contributed by atoms with Crippen LogP contribution in [0.4, 0.5) is 0 Å². The Morgan fingerprint density at radius 3 is 0.778 bits per heavy atom. The van der Waals surface area contributed by atoms with Crippen LogP contribution in [-0.2, 0) is 21.7 Å². The Labute approximate surface area is 75.3 Å². The van der Waals surface area contributed by atoms with Crippen LogP contribution in [-0.4, -0.2) is 0 Å². The average molecular weight is 162 g/mol. The molecule has 0 aliphatic heterocycles. The van der Waals surface area contributed by atoms with Gasteiger partial charge >= 0.3 is 21.7 Å². The minimum atomic E-state index is 0. The first-order chi connectivity index (χ1) is 3.46. The van der Waals surface area contributed by atoms with E-state index >= 15 is 0 Å². The largest absolute Gasteiger partial charge is 4.00 e. The van der Waals surface area contributed by atoms with Crippen LogP contribution in [0.5, 0.6) is 0 Å². The molecule has 0 unspecified atom stereocenters. The van der Waals surface area contributed by atoms with Gasteiger partial charge in [0, 0.05) is 0 Å². The third kappa shape index (κ3) is 770. The van der Waals surface area contributed by atoms with Crippen LogP contribution in [0.2, 0.25) is 0 Å². The van der Waals surface area contributed by atoms with Gasteiger partial charge < -0.3 is 13.8 Å². The van der Waals surface area contributed by atoms with E-state index in [-0.39, 0.29) is 21.7 Å². The van der Waals surface area contributed by atoms with Crippen LogP contribution in [0.25, 0.3) is 0 Å². The van der Waals surface area contributed by atoms with E-state index in [2.05, 4.69) is 41.5 Å². The zero-order valence-corrected chi connectivity index (χ0v) is 8.63. The monoisotopic (exact) mass is 162 g/mol. The normalized spacial score (nSPS) is 8.00. The van der Waals surface area contributed by atoms with E-state index in [1.807, 2.05) is 0 Å². The van der Waals surface area contributed by atoms with Crippen molar-refractivity contribution < 1.29 is 21.7 Å². The van der Waals surface area contributed by atoms with Gasteiger partial charge in [-0.2, -0.15) is 11.8 Å². The molecule has 0 aromatic carbocycles. The molecule has 0 radical (unpaired) electrons. The van der Waals surface area contributed by atoms with E-state index in [1.54, 1.807) is 0 Å². The second-order valence-corrected chi connectivity index (χ2v) is 2.79. The summed E-state index contributed by atoms with van der Waals surface area (Å²) in [5.74, 6) is 1.17. The molecule has 0 spiro atoms. The molecule has 0 atom stereocenters. The molecule has 0 amide bonds. The summed E-state index contributed by atoms with van der Waals surface area (Å²) < 4.78 is 0. The SMILES string of the molecule is [CH2-]C(C)C.[CH2-]C(C)C.[Ti+4]. The first-order valence-electron chi connectivity index (χ1n) is 3.13. The summed E-state index contributed by atoms with van der Waals surface area (Å²) in [5, 5.41) is 0. The molecule has 9 heavy (non-hydrogen) atoms. The van der Waals surface area contributed by atoms with Crippen molar-refractivity contribution in [2.24, 2.45) is 11.8 Å². The van der Waals surface area contributed by atoms with E-state index in [9.17, 15) is 0 Å². The maximum atomic E-state index is 3.64. The fourth-order valence-corrected chi connectivity index (χ4v) is 0. The maximum Gasteiger partial charge on any atom is 4.00 e. The van der Waals surface area contributed by atoms with Crippen molar-refractivity contribution in [3.05, 3.63) is 13.8 Å². The molecule has 0 N–H and O–H groups in total. The van der Waals surface area contributed by atoms with Crippen LogP contribution in [0.15, 0.2) is 0 Å². The molecular formula is C8H18Ti+2. The molecule has 0 saturated carbocycles. The molecule has 0 rings (SSSR count). The zero-order chi connectivity index (χ0) is 7.15. The van der Waals surface area contributed by atoms with Crippen molar-refractivity contribution in [3.8, 4) is 0 Å². The molecule has 1 heteroatoms. The van der Waals surface area contributed by atoms with Crippen molar-refractivity contribution in [3.63, 3.8) is 0 Å². The van der Waals surface area contributed by atoms with Crippen LogP contribution >= 0.6 is 0 Å². The average Bonchev–Trinajstić information content (AvgIpc) is 1.25. The summed E-state index contributed by atoms with van der Waals surface area (Å²) in [6, 6.07) is 0. The molecule has 0 fully saturated rings. The molecule has 0 bridgehead atoms. The van der Waals surface area contributed by atoms with Gasteiger partial charge in [-0.1, -0.05) is 27.7 Å². The van der Waals surface area contributed by atoms with Crippen LogP contribution in [0.1, 0.15) is 27.7 Å². The van der Waals surface area contributed by atoms with Crippen LogP contribution in [0, 0.1) is 25.7 Å². The molecule has 0 heterocycles. The smallest absolute Gasteiger partial charge is 0.341 e. The minimum absolute atomic E-state index is 0. The van der Waals surface area contributed by atoms with Crippen molar-refractivity contribution in [1.82, 2.24) is 0 Å². The van der Waals surface area contributed by atoms with E-state index in [0.717, 1.165) is 0 Å². The van der Waals surface area contributed by atoms with Gasteiger partial charge in [-0.05, 0) is 0 Å². The van der Waals surface area contributed by atoms with Gasteiger partial charge in [-0.15, -0.1) is 0 Å². The number of hydrogen-bond donors (Lipinski definition) is 0. The standard InChI is InChI=1S/2C4H9.Ti/c2*1-4(2)3;/h2*4H,1H2,2-3H3;/q2*-1;+4. The summed E-state index contributed by atoms with van der Waals surface area (Å²) in [5.41, 5.74) is 0. The molecule has 0 aliphatic rings. The van der Waals surface area contributed by atoms with E-state index in [1.165, 1.54) is 0 Å². The Bertz CT molecular complexity index is 20.0. The fraction of sp³-hybridized carbons (Fsp3) is 0.750. The maximum absolute atomic E-state index is 3.64. The molecule has 0 aromatic heterocycles. The van der Waals surface area contributed by atoms with Crippen molar-refractivity contribution in [1.29, 1.82) is 0 Å². The third-order valence-electron chi connectivity index (χ3n) is 0. The fourth-order valence-electron chi connectivity index (χ4n) is 0. The minimum Gasteiger partial charge on any atom is -0.341 e. The number of hydrogen-bond acceptors (Lipinski definition) is 0. The summed E-state index contributed by atoms with van der Waals surface area (Å²) in [6.45, 7) is 15.5. The van der Waals surface area contributed by atoms with Gasteiger partial charge in [0.2, 0.25) is 0 Å². The Kier molecular flexibility index (Phi) is 20.9. The molecule has 52 valence electrons. The van der Waals surface area contributed by atoms with E-state index < -0.39 is 0 Å². The second kappa shape index (κ2) is 11.5. The third-order valence-corrected chi connectivity index (χ3v) is 0. The molecule has 0 aliphatic carbocycles. The van der Waals surface area contributed by atoms with E-state index in [4.69, 9.17) is 0 Å². The van der Waals surface area contributed by atoms with Gasteiger partial charge in [-0.3, -0.25) is 0 Å². The van der Waals surface area contributed by atoms with Crippen molar-refractivity contribution >= 4 is 0 Å². The van der Waals surface area contributed by atoms with Gasteiger partial charge in [-0.25, -0.2) is 0 Å². The first kappa shape index (κ1) is 16.4. The van der Waals surface area contributed by atoms with Crippen LogP contribution in [0.3, 0.4) is 0 Å². The predicted molar refractivity (Wildman–Crippen MR) is 40.4 cm³/mol. The Morgan fingerprint density at radius 1 is 0.778 bits per heavy atom. The Hall–Kier alpha value is 0.714. The summed E-state index contributed by atoms with van der Waals surface area (Å²) >= 11 is 0. The molecule has 0 nitrogen and oxygen atoms in total. The zero-order valence-electron chi connectivity index (χ0n) is 7.07. The first-order valence-corrected chi connectivity index (χ1v) is 3.13. The van der Waals surface area contributed by atoms with Crippen molar-refractivity contribution in [2.75, 3.05) is 0 Å². The van der Waals surface area contributed by atoms with Gasteiger partial charge in [0.25, 0.3) is 0 Å². The summed E-state index contributed by atoms with van der Waals surface area (Å²) in [6.07, 6.45) is 0. The topological polar surface area (TPSA) is 0 Å². The summed E-state index contributed by atoms with van der Waals surface area (Å²) in [4.78, 5) is 0. The molecule has 0 aromatic rings. The van der Waals surface area contributed by atoms with Gasteiger partial charge in [0.05, 0.1) is 0 Å². The van der Waals surface area contributed by atoms with Gasteiger partial charge in [0.15, 0.2) is 0 Å². The van der Waals surface area contributed by atoms with Crippen LogP contribution < -0.4 is 0 Å². The second-order valence-electron chi connectivity index (χ2n) is 2.79. The van der Waals surface area contributed by atoms with Crippen molar-refractivity contribution in [2.45, 2.75) is 27.7 Å². The number of rotatable bonds is 0. The predicted octanol–water partition coefficient (Wildman–Crippen LogP) is 2.95. The molecular weight excluding hydrogens is 144 g/mol. The molecule has 0 saturated heterocycles. The quantitative estimate of drug-likeness (QED) is 0.379. The Balaban J connectivity index is -0.0000000720. The Morgan fingerprint density at radius 2 is 0.778 bits per heavy atom. The summed E-state index contributed by atoms with van der Waals surface area (Å²) in [7, 11) is 0. The van der Waals surface area contributed by atoms with Gasteiger partial charge in [0.1, 0.15) is 0 Å².